The highest BCUT2D eigenvalue weighted by atomic mass is 35.5. The zero-order valence-corrected chi connectivity index (χ0v) is 13.9. The Labute approximate surface area is 122 Å². The molecule has 0 aromatic carbocycles. The van der Waals surface area contributed by atoms with Crippen LogP contribution in [0.5, 0.6) is 0 Å². The zero-order valence-electron chi connectivity index (χ0n) is 13.0. The van der Waals surface area contributed by atoms with E-state index in [2.05, 4.69) is 25.7 Å². The number of unbranched alkanes of at least 4 members (excludes halogenated alkanes) is 9. The number of hydrogen-bond donors (Lipinski definition) is 0. The first-order chi connectivity index (χ1) is 8.35. The van der Waals surface area contributed by atoms with Crippen molar-refractivity contribution in [2.45, 2.75) is 85.0 Å². The van der Waals surface area contributed by atoms with Crippen molar-refractivity contribution >= 4 is 12.4 Å². The van der Waals surface area contributed by atoms with Crippen molar-refractivity contribution < 1.29 is 0 Å². The fraction of sp³-hybridized carbons (Fsp3) is 1.00. The van der Waals surface area contributed by atoms with Crippen LogP contribution in [0.2, 0.25) is 0 Å². The molecule has 0 aromatic rings. The van der Waals surface area contributed by atoms with Crippen molar-refractivity contribution in [3.63, 3.8) is 0 Å². The summed E-state index contributed by atoms with van der Waals surface area (Å²) < 4.78 is 0. The Bertz CT molecular complexity index is 135. The molecule has 18 heavy (non-hydrogen) atoms. The first kappa shape index (κ1) is 20.6. The predicted molar refractivity (Wildman–Crippen MR) is 86.9 cm³/mol. The number of hydrogen-bond acceptors (Lipinski definition) is 1. The fourth-order valence-corrected chi connectivity index (χ4v) is 2.36. The van der Waals surface area contributed by atoms with E-state index in [0.29, 0.717) is 0 Å². The maximum absolute atomic E-state index is 2.53. The Morgan fingerprint density at radius 3 is 1.33 bits per heavy atom. The van der Waals surface area contributed by atoms with Gasteiger partial charge in [-0.15, -0.1) is 12.4 Å². The van der Waals surface area contributed by atoms with E-state index in [1.807, 2.05) is 0 Å². The van der Waals surface area contributed by atoms with E-state index in [9.17, 15) is 0 Å². The predicted octanol–water partition coefficient (Wildman–Crippen LogP) is 5.67. The lowest BCUT2D eigenvalue weighted by Gasteiger charge is -2.17. The summed E-state index contributed by atoms with van der Waals surface area (Å²) in [6, 6.07) is 0. The van der Waals surface area contributed by atoms with Crippen LogP contribution in [0.3, 0.4) is 0 Å². The molecule has 0 N–H and O–H groups in total. The van der Waals surface area contributed by atoms with Gasteiger partial charge in [0.2, 0.25) is 0 Å². The largest absolute Gasteiger partial charge is 0.304 e. The molecular weight excluding hydrogens is 242 g/mol. The van der Waals surface area contributed by atoms with E-state index in [1.165, 1.54) is 83.8 Å². The number of nitrogens with zero attached hydrogens (tertiary/aromatic N) is 1. The van der Waals surface area contributed by atoms with Gasteiger partial charge >= 0.3 is 0 Å². The van der Waals surface area contributed by atoms with Crippen LogP contribution < -0.4 is 0 Å². The number of rotatable bonds is 13. The molecule has 0 spiro atoms. The maximum Gasteiger partial charge on any atom is -0.00190 e. The van der Waals surface area contributed by atoms with E-state index in [1.54, 1.807) is 0 Å². The van der Waals surface area contributed by atoms with Crippen molar-refractivity contribution in [1.29, 1.82) is 0 Å². The van der Waals surface area contributed by atoms with Crippen LogP contribution in [0.25, 0.3) is 0 Å². The molecule has 1 nitrogen and oxygen atoms in total. The van der Waals surface area contributed by atoms with Crippen LogP contribution >= 0.6 is 12.4 Å². The van der Waals surface area contributed by atoms with E-state index in [4.69, 9.17) is 0 Å². The van der Waals surface area contributed by atoms with Gasteiger partial charge in [0.25, 0.3) is 0 Å². The molecule has 0 rings (SSSR count). The Morgan fingerprint density at radius 1 is 0.556 bits per heavy atom. The summed E-state index contributed by atoms with van der Waals surface area (Å²) >= 11 is 0. The Morgan fingerprint density at radius 2 is 0.944 bits per heavy atom. The Kier molecular flexibility index (Phi) is 19.7. The summed E-state index contributed by atoms with van der Waals surface area (Å²) in [5.41, 5.74) is 0. The Balaban J connectivity index is 0. The van der Waals surface area contributed by atoms with E-state index in [-0.39, 0.29) is 12.4 Å². The minimum Gasteiger partial charge on any atom is -0.304 e. The molecule has 0 heterocycles. The third kappa shape index (κ3) is 14.3. The van der Waals surface area contributed by atoms with E-state index in [0.717, 1.165) is 0 Å². The van der Waals surface area contributed by atoms with Crippen molar-refractivity contribution in [2.75, 3.05) is 19.6 Å². The van der Waals surface area contributed by atoms with Crippen LogP contribution in [-0.4, -0.2) is 24.5 Å². The van der Waals surface area contributed by atoms with E-state index < -0.39 is 0 Å². The number of halogens is 1. The van der Waals surface area contributed by atoms with Crippen LogP contribution in [0.1, 0.15) is 85.0 Å². The minimum atomic E-state index is 0. The molecule has 0 atom stereocenters. The smallest absolute Gasteiger partial charge is 0.00190 e. The highest BCUT2D eigenvalue weighted by molar-refractivity contribution is 5.85. The molecule has 0 radical (unpaired) electrons. The highest BCUT2D eigenvalue weighted by Crippen LogP contribution is 2.10. The molecule has 0 aliphatic rings. The van der Waals surface area contributed by atoms with Crippen molar-refractivity contribution in [2.24, 2.45) is 0 Å². The minimum absolute atomic E-state index is 0. The topological polar surface area (TPSA) is 3.24 Å². The zero-order chi connectivity index (χ0) is 12.8. The molecule has 112 valence electrons. The normalized spacial score (nSPS) is 10.7. The standard InChI is InChI=1S/C16H35N.ClH/c1-4-7-8-9-10-11-12-13-14-15-16-17(5-2)6-3;/h4-16H2,1-3H3;1H. The highest BCUT2D eigenvalue weighted by Gasteiger charge is 1.98. The van der Waals surface area contributed by atoms with Gasteiger partial charge in [-0.25, -0.2) is 0 Å². The average molecular weight is 278 g/mol. The summed E-state index contributed by atoms with van der Waals surface area (Å²) in [6.45, 7) is 10.6. The van der Waals surface area contributed by atoms with Gasteiger partial charge in [-0.3, -0.25) is 0 Å². The molecule has 0 amide bonds. The average Bonchev–Trinajstić information content (AvgIpc) is 2.36. The van der Waals surface area contributed by atoms with Gasteiger partial charge < -0.3 is 4.90 Å². The molecule has 0 bridgehead atoms. The third-order valence-electron chi connectivity index (χ3n) is 3.72. The van der Waals surface area contributed by atoms with Crippen LogP contribution in [0.15, 0.2) is 0 Å². The van der Waals surface area contributed by atoms with Crippen LogP contribution in [0, 0.1) is 0 Å². The SMILES string of the molecule is CCCCCCCCCCCCN(CC)CC.Cl. The van der Waals surface area contributed by atoms with Gasteiger partial charge in [-0.05, 0) is 26.1 Å². The molecule has 0 fully saturated rings. The van der Waals surface area contributed by atoms with Crippen LogP contribution in [-0.2, 0) is 0 Å². The van der Waals surface area contributed by atoms with Crippen molar-refractivity contribution in [1.82, 2.24) is 4.90 Å². The van der Waals surface area contributed by atoms with Crippen LogP contribution in [0.4, 0.5) is 0 Å². The molecule has 0 saturated carbocycles. The van der Waals surface area contributed by atoms with Gasteiger partial charge in [0.1, 0.15) is 0 Å². The molecular formula is C16H36ClN. The fourth-order valence-electron chi connectivity index (χ4n) is 2.36. The van der Waals surface area contributed by atoms with Gasteiger partial charge in [0.15, 0.2) is 0 Å². The lowest BCUT2D eigenvalue weighted by atomic mass is 10.1. The van der Waals surface area contributed by atoms with Gasteiger partial charge in [-0.2, -0.15) is 0 Å². The molecule has 0 saturated heterocycles. The summed E-state index contributed by atoms with van der Waals surface area (Å²) in [7, 11) is 0. The molecule has 0 aromatic heterocycles. The lowest BCUT2D eigenvalue weighted by Crippen LogP contribution is -2.23. The molecule has 2 heteroatoms. The third-order valence-corrected chi connectivity index (χ3v) is 3.72. The summed E-state index contributed by atoms with van der Waals surface area (Å²) in [6.07, 6.45) is 14.4. The first-order valence-corrected chi connectivity index (χ1v) is 8.07. The van der Waals surface area contributed by atoms with Gasteiger partial charge in [-0.1, -0.05) is 78.6 Å². The Hall–Kier alpha value is 0.250. The van der Waals surface area contributed by atoms with Gasteiger partial charge in [0.05, 0.1) is 0 Å². The quantitative estimate of drug-likeness (QED) is 0.392. The molecule has 0 unspecified atom stereocenters. The molecule has 0 aliphatic carbocycles. The first-order valence-electron chi connectivity index (χ1n) is 8.07. The van der Waals surface area contributed by atoms with Crippen molar-refractivity contribution in [3.05, 3.63) is 0 Å². The molecule has 0 aliphatic heterocycles. The summed E-state index contributed by atoms with van der Waals surface area (Å²) in [5, 5.41) is 0. The van der Waals surface area contributed by atoms with Gasteiger partial charge in [0, 0.05) is 0 Å². The van der Waals surface area contributed by atoms with Crippen molar-refractivity contribution in [3.8, 4) is 0 Å². The second-order valence-electron chi connectivity index (χ2n) is 5.21. The maximum atomic E-state index is 2.53. The second kappa shape index (κ2) is 17.2. The summed E-state index contributed by atoms with van der Waals surface area (Å²) in [5.74, 6) is 0. The lowest BCUT2D eigenvalue weighted by molar-refractivity contribution is 0.295. The van der Waals surface area contributed by atoms with E-state index >= 15 is 0 Å². The summed E-state index contributed by atoms with van der Waals surface area (Å²) in [4.78, 5) is 2.53. The monoisotopic (exact) mass is 277 g/mol. The second-order valence-corrected chi connectivity index (χ2v) is 5.21.